The van der Waals surface area contributed by atoms with Gasteiger partial charge in [-0.05, 0) is 59.5 Å². The Morgan fingerprint density at radius 3 is 2.86 bits per heavy atom. The maximum absolute atomic E-state index is 13.0. The number of carbonyl (C=O) groups excluding carboxylic acids is 1. The normalized spacial score (nSPS) is 17.3. The molecule has 1 amide bonds. The Bertz CT molecular complexity index is 902. The van der Waals surface area contributed by atoms with Crippen molar-refractivity contribution in [3.63, 3.8) is 0 Å². The molecule has 4 rings (SSSR count). The largest absolute Gasteiger partial charge is 0.497 e. The van der Waals surface area contributed by atoms with Crippen LogP contribution in [-0.4, -0.2) is 29.6 Å². The average Bonchev–Trinajstić information content (AvgIpc) is 3.35. The van der Waals surface area contributed by atoms with Gasteiger partial charge in [-0.2, -0.15) is 11.3 Å². The highest BCUT2D eigenvalue weighted by Gasteiger charge is 2.29. The van der Waals surface area contributed by atoms with E-state index in [1.165, 1.54) is 0 Å². The third-order valence-electron chi connectivity index (χ3n) is 5.25. The van der Waals surface area contributed by atoms with Crippen molar-refractivity contribution in [3.8, 4) is 17.1 Å². The molecule has 2 aromatic heterocycles. The molecule has 0 saturated carbocycles. The van der Waals surface area contributed by atoms with Gasteiger partial charge in [0.15, 0.2) is 5.76 Å². The quantitative estimate of drug-likeness (QED) is 0.602. The number of hydrogen-bond acceptors (Lipinski definition) is 5. The Hall–Kier alpha value is -2.60. The van der Waals surface area contributed by atoms with Crippen LogP contribution in [0.5, 0.6) is 5.75 Å². The molecule has 5 nitrogen and oxygen atoms in total. The van der Waals surface area contributed by atoms with E-state index in [9.17, 15) is 4.79 Å². The summed E-state index contributed by atoms with van der Waals surface area (Å²) in [5.74, 6) is 1.68. The molecule has 0 aliphatic carbocycles. The third-order valence-corrected chi connectivity index (χ3v) is 5.98. The summed E-state index contributed by atoms with van der Waals surface area (Å²) in [5, 5.41) is 8.39. The van der Waals surface area contributed by atoms with E-state index >= 15 is 0 Å². The Kier molecular flexibility index (Phi) is 5.76. The maximum atomic E-state index is 13.0. The molecule has 0 bridgehead atoms. The first kappa shape index (κ1) is 18.7. The second-order valence-electron chi connectivity index (χ2n) is 7.11. The lowest BCUT2D eigenvalue weighted by atomic mass is 10.0. The molecule has 0 N–H and O–H groups in total. The van der Waals surface area contributed by atoms with E-state index in [1.807, 2.05) is 52.1 Å². The summed E-state index contributed by atoms with van der Waals surface area (Å²) in [6.07, 6.45) is 4.64. The predicted molar refractivity (Wildman–Crippen MR) is 109 cm³/mol. The zero-order valence-corrected chi connectivity index (χ0v) is 16.8. The first-order valence-electron chi connectivity index (χ1n) is 9.66. The van der Waals surface area contributed by atoms with Gasteiger partial charge in [0.05, 0.1) is 19.6 Å². The lowest BCUT2D eigenvalue weighted by Crippen LogP contribution is -2.36. The molecule has 1 aliphatic heterocycles. The smallest absolute Gasteiger partial charge is 0.227 e. The minimum absolute atomic E-state index is 0.0237. The van der Waals surface area contributed by atoms with Crippen molar-refractivity contribution in [3.05, 3.63) is 58.4 Å². The number of ether oxygens (including phenoxy) is 1. The van der Waals surface area contributed by atoms with Gasteiger partial charge in [0.1, 0.15) is 11.4 Å². The minimum atomic E-state index is -0.0237. The number of aromatic nitrogens is 1. The van der Waals surface area contributed by atoms with Crippen LogP contribution in [0.25, 0.3) is 11.3 Å². The lowest BCUT2D eigenvalue weighted by molar-refractivity contribution is -0.133. The number of hydrogen-bond donors (Lipinski definition) is 0. The fraction of sp³-hybridized carbons (Fsp3) is 0.364. The van der Waals surface area contributed by atoms with E-state index in [0.29, 0.717) is 12.2 Å². The van der Waals surface area contributed by atoms with Gasteiger partial charge in [-0.15, -0.1) is 0 Å². The van der Waals surface area contributed by atoms with Crippen LogP contribution in [0.4, 0.5) is 0 Å². The molecule has 1 aromatic carbocycles. The van der Waals surface area contributed by atoms with Crippen LogP contribution >= 0.6 is 11.3 Å². The van der Waals surface area contributed by atoms with Gasteiger partial charge in [-0.3, -0.25) is 4.79 Å². The molecular formula is C22H24N2O3S. The summed E-state index contributed by atoms with van der Waals surface area (Å²) in [7, 11) is 1.65. The van der Waals surface area contributed by atoms with Crippen molar-refractivity contribution in [1.82, 2.24) is 10.1 Å². The van der Waals surface area contributed by atoms with Crippen molar-refractivity contribution in [2.45, 2.75) is 38.1 Å². The van der Waals surface area contributed by atoms with Gasteiger partial charge in [-0.1, -0.05) is 18.0 Å². The Morgan fingerprint density at radius 2 is 2.11 bits per heavy atom. The van der Waals surface area contributed by atoms with Crippen molar-refractivity contribution in [2.24, 2.45) is 0 Å². The standard InChI is InChI=1S/C22H24N2O3S/c1-26-18-8-6-17(7-9-18)21-14-19(23-27-21)20-5-3-2-4-11-24(20)22(25)13-16-10-12-28-15-16/h6-10,12,14-15,20H,2-5,11,13H2,1H3/t20-/m0/s1. The van der Waals surface area contributed by atoms with Crippen LogP contribution < -0.4 is 4.74 Å². The summed E-state index contributed by atoms with van der Waals surface area (Å²) < 4.78 is 10.8. The number of carbonyl (C=O) groups is 1. The van der Waals surface area contributed by atoms with Crippen molar-refractivity contribution >= 4 is 17.2 Å². The molecule has 1 aliphatic rings. The highest BCUT2D eigenvalue weighted by molar-refractivity contribution is 7.08. The topological polar surface area (TPSA) is 55.6 Å². The SMILES string of the molecule is COc1ccc(-c2cc([C@@H]3CCCCCN3C(=O)Cc3ccsc3)no2)cc1. The van der Waals surface area contributed by atoms with Crippen LogP contribution in [0.15, 0.2) is 51.7 Å². The van der Waals surface area contributed by atoms with E-state index in [0.717, 1.165) is 54.8 Å². The highest BCUT2D eigenvalue weighted by atomic mass is 32.1. The van der Waals surface area contributed by atoms with Gasteiger partial charge in [0, 0.05) is 18.2 Å². The molecule has 1 fully saturated rings. The number of nitrogens with zero attached hydrogens (tertiary/aromatic N) is 2. The van der Waals surface area contributed by atoms with E-state index in [1.54, 1.807) is 18.4 Å². The van der Waals surface area contributed by atoms with E-state index < -0.39 is 0 Å². The summed E-state index contributed by atoms with van der Waals surface area (Å²) in [6.45, 7) is 0.776. The molecule has 0 radical (unpaired) electrons. The van der Waals surface area contributed by atoms with Crippen molar-refractivity contribution in [1.29, 1.82) is 0 Å². The molecule has 1 saturated heterocycles. The first-order chi connectivity index (χ1) is 13.7. The Morgan fingerprint density at radius 1 is 1.25 bits per heavy atom. The van der Waals surface area contributed by atoms with E-state index in [4.69, 9.17) is 9.26 Å². The number of benzene rings is 1. The molecule has 0 spiro atoms. The third kappa shape index (κ3) is 4.12. The first-order valence-corrected chi connectivity index (χ1v) is 10.6. The minimum Gasteiger partial charge on any atom is -0.497 e. The summed E-state index contributed by atoms with van der Waals surface area (Å²) >= 11 is 1.63. The van der Waals surface area contributed by atoms with Crippen molar-refractivity contribution < 1.29 is 14.1 Å². The van der Waals surface area contributed by atoms with Crippen molar-refractivity contribution in [2.75, 3.05) is 13.7 Å². The lowest BCUT2D eigenvalue weighted by Gasteiger charge is -2.28. The van der Waals surface area contributed by atoms with Crippen LogP contribution in [0.3, 0.4) is 0 Å². The van der Waals surface area contributed by atoms with Crippen LogP contribution in [0.1, 0.15) is 43.0 Å². The highest BCUT2D eigenvalue weighted by Crippen LogP contribution is 2.33. The van der Waals surface area contributed by atoms with Gasteiger partial charge in [0.25, 0.3) is 0 Å². The van der Waals surface area contributed by atoms with Crippen LogP contribution in [0, 0.1) is 0 Å². The second-order valence-corrected chi connectivity index (χ2v) is 7.89. The van der Waals surface area contributed by atoms with Gasteiger partial charge < -0.3 is 14.2 Å². The van der Waals surface area contributed by atoms with E-state index in [-0.39, 0.29) is 11.9 Å². The van der Waals surface area contributed by atoms with Gasteiger partial charge in [0.2, 0.25) is 5.91 Å². The number of methoxy groups -OCH3 is 1. The molecule has 3 aromatic rings. The number of likely N-dealkylation sites (tertiary alicyclic amines) is 1. The fourth-order valence-corrected chi connectivity index (χ4v) is 4.39. The molecule has 6 heteroatoms. The summed E-state index contributed by atoms with van der Waals surface area (Å²) in [5.41, 5.74) is 2.87. The molecule has 28 heavy (non-hydrogen) atoms. The Balaban J connectivity index is 1.56. The van der Waals surface area contributed by atoms with Gasteiger partial charge in [-0.25, -0.2) is 0 Å². The summed E-state index contributed by atoms with van der Waals surface area (Å²) in [6, 6.07) is 11.7. The average molecular weight is 397 g/mol. The maximum Gasteiger partial charge on any atom is 0.227 e. The molecular weight excluding hydrogens is 372 g/mol. The number of thiophene rings is 1. The van der Waals surface area contributed by atoms with Crippen LogP contribution in [-0.2, 0) is 11.2 Å². The number of amides is 1. The predicted octanol–water partition coefficient (Wildman–Crippen LogP) is 5.10. The summed E-state index contributed by atoms with van der Waals surface area (Å²) in [4.78, 5) is 15.0. The molecule has 146 valence electrons. The number of rotatable bonds is 5. The molecule has 3 heterocycles. The zero-order chi connectivity index (χ0) is 19.3. The zero-order valence-electron chi connectivity index (χ0n) is 16.0. The molecule has 1 atom stereocenters. The van der Waals surface area contributed by atoms with E-state index in [2.05, 4.69) is 5.16 Å². The Labute approximate surface area is 168 Å². The molecule has 0 unspecified atom stereocenters. The van der Waals surface area contributed by atoms with Crippen LogP contribution in [0.2, 0.25) is 0 Å². The van der Waals surface area contributed by atoms with Gasteiger partial charge >= 0.3 is 0 Å². The fourth-order valence-electron chi connectivity index (χ4n) is 3.72. The monoisotopic (exact) mass is 396 g/mol. The second kappa shape index (κ2) is 8.61.